The van der Waals surface area contributed by atoms with Crippen LogP contribution in [0, 0.1) is 11.8 Å². The molecule has 3 fully saturated rings. The summed E-state index contributed by atoms with van der Waals surface area (Å²) in [5, 5.41) is 0. The molecule has 1 aliphatic carbocycles. The van der Waals surface area contributed by atoms with Gasteiger partial charge in [0.15, 0.2) is 12.6 Å². The molecule has 2 aliphatic heterocycles. The molecule has 0 N–H and O–H groups in total. The maximum atomic E-state index is 15.4. The van der Waals surface area contributed by atoms with E-state index in [2.05, 4.69) is 31.2 Å². The van der Waals surface area contributed by atoms with Crippen LogP contribution < -0.4 is 0 Å². The highest BCUT2D eigenvalue weighted by atomic mass is 19.1. The number of allylic oxidation sites excluding steroid dienone is 2. The van der Waals surface area contributed by atoms with Gasteiger partial charge >= 0.3 is 5.97 Å². The molecule has 0 aromatic carbocycles. The zero-order valence-corrected chi connectivity index (χ0v) is 23.7. The van der Waals surface area contributed by atoms with Crippen LogP contribution in [0.5, 0.6) is 0 Å². The van der Waals surface area contributed by atoms with E-state index in [0.717, 1.165) is 77.2 Å². The van der Waals surface area contributed by atoms with Gasteiger partial charge in [0.2, 0.25) is 0 Å². The molecule has 0 bridgehead atoms. The SMILES string of the molecule is CCCCC[C@@H](C=C[C@@H]1[C@@H](CC=CCCCC(=O)OC)[C@H](F)C[C@H]1OC1CCCCO1)OC1CCCCO1. The first-order valence-electron chi connectivity index (χ1n) is 15.2. The molecule has 3 rings (SSSR count). The smallest absolute Gasteiger partial charge is 0.305 e. The fraction of sp³-hybridized carbons (Fsp3) is 0.839. The van der Waals surface area contributed by atoms with E-state index in [1.165, 1.54) is 13.5 Å². The minimum absolute atomic E-state index is 0.0376. The third-order valence-corrected chi connectivity index (χ3v) is 7.97. The summed E-state index contributed by atoms with van der Waals surface area (Å²) in [6, 6.07) is 0. The second-order valence-corrected chi connectivity index (χ2v) is 11.0. The number of ether oxygens (including phenoxy) is 5. The van der Waals surface area contributed by atoms with E-state index in [1.807, 2.05) is 0 Å². The summed E-state index contributed by atoms with van der Waals surface area (Å²) in [4.78, 5) is 11.3. The lowest BCUT2D eigenvalue weighted by Crippen LogP contribution is -2.31. The minimum Gasteiger partial charge on any atom is -0.469 e. The van der Waals surface area contributed by atoms with Crippen molar-refractivity contribution in [3.63, 3.8) is 0 Å². The lowest BCUT2D eigenvalue weighted by molar-refractivity contribution is -0.193. The second kappa shape index (κ2) is 18.1. The minimum atomic E-state index is -0.931. The predicted octanol–water partition coefficient (Wildman–Crippen LogP) is 7.21. The van der Waals surface area contributed by atoms with E-state index in [9.17, 15) is 4.79 Å². The quantitative estimate of drug-likeness (QED) is 0.118. The van der Waals surface area contributed by atoms with Crippen LogP contribution in [0.25, 0.3) is 0 Å². The van der Waals surface area contributed by atoms with Gasteiger partial charge in [-0.25, -0.2) is 4.39 Å². The number of alkyl halides is 1. The standard InChI is InChI=1S/C31H51FO6/c1-3-4-7-14-24(37-30-17-10-12-21-35-30)19-20-26-25(15-8-5-6-9-16-29(33)34-2)27(32)23-28(26)38-31-18-11-13-22-36-31/h5,8,19-20,24-28,30-31H,3-4,6-7,9-18,21-23H2,1-2H3/t24-,25+,26+,27+,28+,30?,31?/m0/s1. The fourth-order valence-electron chi connectivity index (χ4n) is 5.71. The summed E-state index contributed by atoms with van der Waals surface area (Å²) >= 11 is 0. The highest BCUT2D eigenvalue weighted by molar-refractivity contribution is 5.69. The summed E-state index contributed by atoms with van der Waals surface area (Å²) in [7, 11) is 1.41. The van der Waals surface area contributed by atoms with Crippen molar-refractivity contribution in [3.8, 4) is 0 Å². The highest BCUT2D eigenvalue weighted by Crippen LogP contribution is 2.41. The first-order chi connectivity index (χ1) is 18.6. The Kier molecular flexibility index (Phi) is 14.9. The van der Waals surface area contributed by atoms with Crippen LogP contribution in [-0.4, -0.2) is 57.3 Å². The van der Waals surface area contributed by atoms with E-state index in [1.54, 1.807) is 0 Å². The Morgan fingerprint density at radius 2 is 1.79 bits per heavy atom. The van der Waals surface area contributed by atoms with Crippen molar-refractivity contribution < 1.29 is 32.9 Å². The van der Waals surface area contributed by atoms with Crippen molar-refractivity contribution >= 4 is 5.97 Å². The second-order valence-electron chi connectivity index (χ2n) is 11.0. The van der Waals surface area contributed by atoms with Crippen LogP contribution in [0.1, 0.15) is 103 Å². The van der Waals surface area contributed by atoms with Gasteiger partial charge in [-0.15, -0.1) is 0 Å². The Balaban J connectivity index is 1.65. The Hall–Kier alpha value is -1.28. The number of carbonyl (C=O) groups is 1. The Morgan fingerprint density at radius 3 is 2.47 bits per heavy atom. The highest BCUT2D eigenvalue weighted by Gasteiger charge is 2.43. The van der Waals surface area contributed by atoms with Crippen molar-refractivity contribution in [3.05, 3.63) is 24.3 Å². The van der Waals surface area contributed by atoms with E-state index in [0.29, 0.717) is 25.9 Å². The molecule has 3 aliphatic rings. The molecule has 0 aromatic heterocycles. The Bertz CT molecular complexity index is 700. The van der Waals surface area contributed by atoms with Crippen molar-refractivity contribution in [1.82, 2.24) is 0 Å². The third-order valence-electron chi connectivity index (χ3n) is 7.97. The fourth-order valence-corrected chi connectivity index (χ4v) is 5.71. The average Bonchev–Trinajstić information content (AvgIpc) is 3.23. The van der Waals surface area contributed by atoms with Crippen LogP contribution in [0.3, 0.4) is 0 Å². The molecular weight excluding hydrogens is 487 g/mol. The summed E-state index contributed by atoms with van der Waals surface area (Å²) < 4.78 is 44.6. The van der Waals surface area contributed by atoms with Gasteiger partial charge in [-0.2, -0.15) is 0 Å². The number of methoxy groups -OCH3 is 1. The molecule has 218 valence electrons. The normalized spacial score (nSPS) is 31.2. The lowest BCUT2D eigenvalue weighted by atomic mass is 9.89. The third kappa shape index (κ3) is 11.1. The van der Waals surface area contributed by atoms with Gasteiger partial charge in [0.1, 0.15) is 6.17 Å². The van der Waals surface area contributed by atoms with Crippen LogP contribution in [0.4, 0.5) is 4.39 Å². The van der Waals surface area contributed by atoms with Crippen molar-refractivity contribution in [2.45, 2.75) is 134 Å². The largest absolute Gasteiger partial charge is 0.469 e. The number of esters is 1. The molecule has 0 amide bonds. The average molecular weight is 539 g/mol. The first kappa shape index (κ1) is 31.3. The summed E-state index contributed by atoms with van der Waals surface area (Å²) in [6.07, 6.45) is 20.4. The Morgan fingerprint density at radius 1 is 1.03 bits per heavy atom. The van der Waals surface area contributed by atoms with Crippen molar-refractivity contribution in [2.24, 2.45) is 11.8 Å². The first-order valence-corrected chi connectivity index (χ1v) is 15.2. The van der Waals surface area contributed by atoms with Gasteiger partial charge in [-0.05, 0) is 64.2 Å². The zero-order valence-electron chi connectivity index (χ0n) is 23.7. The topological polar surface area (TPSA) is 63.2 Å². The van der Waals surface area contributed by atoms with Crippen LogP contribution in [-0.2, 0) is 28.5 Å². The summed E-state index contributed by atoms with van der Waals surface area (Å²) in [5.74, 6) is -0.388. The number of unbranched alkanes of at least 4 members (excludes halogenated alkanes) is 3. The maximum Gasteiger partial charge on any atom is 0.305 e. The van der Waals surface area contributed by atoms with Crippen LogP contribution >= 0.6 is 0 Å². The molecule has 0 aromatic rings. The molecule has 6 nitrogen and oxygen atoms in total. The predicted molar refractivity (Wildman–Crippen MR) is 146 cm³/mol. The van der Waals surface area contributed by atoms with Gasteiger partial charge in [0.25, 0.3) is 0 Å². The molecule has 2 saturated heterocycles. The molecule has 7 heteroatoms. The molecule has 0 spiro atoms. The van der Waals surface area contributed by atoms with Gasteiger partial charge in [0, 0.05) is 37.9 Å². The number of rotatable bonds is 16. The van der Waals surface area contributed by atoms with Gasteiger partial charge < -0.3 is 23.7 Å². The molecule has 2 unspecified atom stereocenters. The number of hydrogen-bond acceptors (Lipinski definition) is 6. The molecule has 7 atom stereocenters. The van der Waals surface area contributed by atoms with Crippen LogP contribution in [0.15, 0.2) is 24.3 Å². The number of hydrogen-bond donors (Lipinski definition) is 0. The van der Waals surface area contributed by atoms with Gasteiger partial charge in [-0.1, -0.05) is 50.5 Å². The van der Waals surface area contributed by atoms with E-state index >= 15 is 4.39 Å². The van der Waals surface area contributed by atoms with E-state index < -0.39 is 6.17 Å². The van der Waals surface area contributed by atoms with E-state index in [-0.39, 0.29) is 42.6 Å². The molecule has 2 heterocycles. The maximum absolute atomic E-state index is 15.4. The lowest BCUT2D eigenvalue weighted by Gasteiger charge is -2.30. The summed E-state index contributed by atoms with van der Waals surface area (Å²) in [6.45, 7) is 3.68. The number of carbonyl (C=O) groups excluding carboxylic acids is 1. The zero-order chi connectivity index (χ0) is 27.0. The van der Waals surface area contributed by atoms with Crippen LogP contribution in [0.2, 0.25) is 0 Å². The van der Waals surface area contributed by atoms with Crippen molar-refractivity contribution in [1.29, 1.82) is 0 Å². The Labute approximate surface area is 229 Å². The molecular formula is C31H51FO6. The summed E-state index contributed by atoms with van der Waals surface area (Å²) in [5.41, 5.74) is 0. The van der Waals surface area contributed by atoms with Gasteiger partial charge in [0.05, 0.1) is 19.3 Å². The molecule has 38 heavy (non-hydrogen) atoms. The van der Waals surface area contributed by atoms with E-state index in [4.69, 9.17) is 23.7 Å². The monoisotopic (exact) mass is 538 g/mol. The van der Waals surface area contributed by atoms with Gasteiger partial charge in [-0.3, -0.25) is 4.79 Å². The van der Waals surface area contributed by atoms with Crippen molar-refractivity contribution in [2.75, 3.05) is 20.3 Å². The number of halogens is 1. The molecule has 0 radical (unpaired) electrons. The molecule has 1 saturated carbocycles.